The number of nitrogens with one attached hydrogen (secondary N) is 2. The van der Waals surface area contributed by atoms with Gasteiger partial charge in [0.05, 0.1) is 4.90 Å². The molecule has 0 aromatic carbocycles. The fourth-order valence-electron chi connectivity index (χ4n) is 1.96. The minimum absolute atomic E-state index is 0.0856. The lowest BCUT2D eigenvalue weighted by Crippen LogP contribution is -2.25. The molecule has 2 rings (SSSR count). The molecule has 0 fully saturated rings. The van der Waals surface area contributed by atoms with Crippen molar-refractivity contribution in [3.63, 3.8) is 0 Å². The van der Waals surface area contributed by atoms with Crippen LogP contribution in [0.1, 0.15) is 25.7 Å². The molecule has 18 heavy (non-hydrogen) atoms. The third-order valence-electron chi connectivity index (χ3n) is 2.94. The average Bonchev–Trinajstić information content (AvgIpc) is 2.82. The van der Waals surface area contributed by atoms with Gasteiger partial charge >= 0.3 is 0 Å². The molecule has 5 nitrogen and oxygen atoms in total. The normalized spacial score (nSPS) is 15.7. The molecule has 1 aromatic rings. The van der Waals surface area contributed by atoms with E-state index in [1.54, 1.807) is 0 Å². The van der Waals surface area contributed by atoms with Gasteiger partial charge < -0.3 is 4.98 Å². The van der Waals surface area contributed by atoms with E-state index >= 15 is 0 Å². The average molecular weight is 268 g/mol. The van der Waals surface area contributed by atoms with E-state index in [9.17, 15) is 13.2 Å². The summed E-state index contributed by atoms with van der Waals surface area (Å²) in [6, 6.07) is 2.50. The van der Waals surface area contributed by atoms with E-state index in [0.29, 0.717) is 6.54 Å². The molecular weight excluding hydrogens is 252 g/mol. The number of allylic oxidation sites excluding steroid dienone is 1. The molecule has 0 bridgehead atoms. The van der Waals surface area contributed by atoms with Gasteiger partial charge in [0.25, 0.3) is 0 Å². The second-order valence-corrected chi connectivity index (χ2v) is 6.06. The first-order chi connectivity index (χ1) is 8.58. The molecule has 98 valence electrons. The maximum Gasteiger partial charge on any atom is 0.247 e. The van der Waals surface area contributed by atoms with Gasteiger partial charge in [0, 0.05) is 18.8 Å². The highest BCUT2D eigenvalue weighted by atomic mass is 32.2. The molecule has 0 amide bonds. The summed E-state index contributed by atoms with van der Waals surface area (Å²) in [5.74, 6) is 0. The van der Waals surface area contributed by atoms with Crippen molar-refractivity contribution in [3.05, 3.63) is 40.3 Å². The van der Waals surface area contributed by atoms with Crippen LogP contribution in [0.2, 0.25) is 0 Å². The van der Waals surface area contributed by atoms with Gasteiger partial charge in [-0.3, -0.25) is 4.79 Å². The Balaban J connectivity index is 1.94. The molecule has 1 aliphatic carbocycles. The second-order valence-electron chi connectivity index (χ2n) is 4.29. The fourth-order valence-corrected chi connectivity index (χ4v) is 2.96. The van der Waals surface area contributed by atoms with Crippen molar-refractivity contribution >= 4 is 10.0 Å². The number of sulfonamides is 1. The zero-order valence-electron chi connectivity index (χ0n) is 9.98. The maximum atomic E-state index is 11.9. The molecular formula is C12H16N2O3S. The largest absolute Gasteiger partial charge is 0.328 e. The molecule has 0 radical (unpaired) electrons. The first-order valence-electron chi connectivity index (χ1n) is 5.94. The summed E-state index contributed by atoms with van der Waals surface area (Å²) in [6.07, 6.45) is 7.47. The Hall–Kier alpha value is -1.40. The van der Waals surface area contributed by atoms with Crippen molar-refractivity contribution in [1.29, 1.82) is 0 Å². The van der Waals surface area contributed by atoms with E-state index in [4.69, 9.17) is 0 Å². The van der Waals surface area contributed by atoms with Crippen LogP contribution in [0.25, 0.3) is 0 Å². The third kappa shape index (κ3) is 3.30. The Morgan fingerprint density at radius 2 is 2.17 bits per heavy atom. The zero-order chi connectivity index (χ0) is 13.0. The summed E-state index contributed by atoms with van der Waals surface area (Å²) in [7, 11) is -3.52. The van der Waals surface area contributed by atoms with Gasteiger partial charge in [0.15, 0.2) is 0 Å². The minimum atomic E-state index is -3.52. The Morgan fingerprint density at radius 3 is 2.78 bits per heavy atom. The lowest BCUT2D eigenvalue weighted by Gasteiger charge is -2.06. The van der Waals surface area contributed by atoms with E-state index in [2.05, 4.69) is 15.8 Å². The molecule has 1 heterocycles. The van der Waals surface area contributed by atoms with Gasteiger partial charge in [0.2, 0.25) is 15.6 Å². The highest BCUT2D eigenvalue weighted by Crippen LogP contribution is 2.20. The van der Waals surface area contributed by atoms with Crippen LogP contribution < -0.4 is 10.3 Å². The molecule has 0 atom stereocenters. The lowest BCUT2D eigenvalue weighted by atomic mass is 10.2. The second kappa shape index (κ2) is 5.49. The lowest BCUT2D eigenvalue weighted by molar-refractivity contribution is 0.580. The summed E-state index contributed by atoms with van der Waals surface area (Å²) < 4.78 is 26.3. The number of rotatable bonds is 5. The van der Waals surface area contributed by atoms with Gasteiger partial charge in [0.1, 0.15) is 0 Å². The van der Waals surface area contributed by atoms with Crippen LogP contribution >= 0.6 is 0 Å². The predicted molar refractivity (Wildman–Crippen MR) is 68.8 cm³/mol. The van der Waals surface area contributed by atoms with Crippen LogP contribution in [0.3, 0.4) is 0 Å². The van der Waals surface area contributed by atoms with Crippen molar-refractivity contribution in [1.82, 2.24) is 9.71 Å². The molecule has 6 heteroatoms. The van der Waals surface area contributed by atoms with Gasteiger partial charge in [-0.15, -0.1) is 0 Å². The van der Waals surface area contributed by atoms with Crippen molar-refractivity contribution in [2.24, 2.45) is 0 Å². The van der Waals surface area contributed by atoms with Gasteiger partial charge in [-0.2, -0.15) is 0 Å². The molecule has 0 aliphatic heterocycles. The molecule has 2 N–H and O–H groups in total. The first kappa shape index (κ1) is 13.0. The van der Waals surface area contributed by atoms with Crippen molar-refractivity contribution in [2.75, 3.05) is 6.54 Å². The number of aromatic nitrogens is 1. The van der Waals surface area contributed by atoms with Crippen LogP contribution in [-0.2, 0) is 10.0 Å². The summed E-state index contributed by atoms with van der Waals surface area (Å²) in [4.78, 5) is 13.3. The number of pyridine rings is 1. The van der Waals surface area contributed by atoms with Gasteiger partial charge in [-0.25, -0.2) is 13.1 Å². The van der Waals surface area contributed by atoms with E-state index in [1.165, 1.54) is 30.3 Å². The Morgan fingerprint density at radius 1 is 1.33 bits per heavy atom. The van der Waals surface area contributed by atoms with Crippen LogP contribution in [-0.4, -0.2) is 19.9 Å². The SMILES string of the molecule is O=c1ccc(S(=O)(=O)NCCC2=CCCC2)c[nH]1. The predicted octanol–water partition coefficient (Wildman–Crippen LogP) is 1.15. The van der Waals surface area contributed by atoms with Crippen molar-refractivity contribution < 1.29 is 8.42 Å². The third-order valence-corrected chi connectivity index (χ3v) is 4.40. The molecule has 0 saturated carbocycles. The maximum absolute atomic E-state index is 11.9. The summed E-state index contributed by atoms with van der Waals surface area (Å²) in [5.41, 5.74) is 1.00. The van der Waals surface area contributed by atoms with E-state index in [0.717, 1.165) is 19.3 Å². The monoisotopic (exact) mass is 268 g/mol. The van der Waals surface area contributed by atoms with Crippen LogP contribution in [0.15, 0.2) is 39.7 Å². The minimum Gasteiger partial charge on any atom is -0.328 e. The fraction of sp³-hybridized carbons (Fsp3) is 0.417. The highest BCUT2D eigenvalue weighted by molar-refractivity contribution is 7.89. The molecule has 1 aliphatic rings. The van der Waals surface area contributed by atoms with Crippen LogP contribution in [0.5, 0.6) is 0 Å². The number of aromatic amines is 1. The topological polar surface area (TPSA) is 79.0 Å². The number of hydrogen-bond donors (Lipinski definition) is 2. The first-order valence-corrected chi connectivity index (χ1v) is 7.42. The van der Waals surface area contributed by atoms with E-state index in [-0.39, 0.29) is 10.5 Å². The highest BCUT2D eigenvalue weighted by Gasteiger charge is 2.13. The van der Waals surface area contributed by atoms with Gasteiger partial charge in [-0.05, 0) is 31.7 Å². The Bertz CT molecular complexity index is 581. The standard InChI is InChI=1S/C12H16N2O3S/c15-12-6-5-11(9-13-12)18(16,17)14-8-7-10-3-1-2-4-10/h3,5-6,9,14H,1-2,4,7-8H2,(H,13,15). The van der Waals surface area contributed by atoms with Crippen molar-refractivity contribution in [2.45, 2.75) is 30.6 Å². The van der Waals surface area contributed by atoms with Crippen LogP contribution in [0.4, 0.5) is 0 Å². The van der Waals surface area contributed by atoms with Gasteiger partial charge in [-0.1, -0.05) is 11.6 Å². The molecule has 1 aromatic heterocycles. The van der Waals surface area contributed by atoms with E-state index in [1.807, 2.05) is 0 Å². The quantitative estimate of drug-likeness (QED) is 0.786. The summed E-state index contributed by atoms with van der Waals surface area (Å²) in [6.45, 7) is 0.396. The van der Waals surface area contributed by atoms with E-state index < -0.39 is 10.0 Å². The Kier molecular flexibility index (Phi) is 3.98. The number of H-pyrrole nitrogens is 1. The Labute approximate surface area is 106 Å². The zero-order valence-corrected chi connectivity index (χ0v) is 10.8. The molecule has 0 spiro atoms. The molecule has 0 saturated heterocycles. The molecule has 0 unspecified atom stereocenters. The van der Waals surface area contributed by atoms with Crippen molar-refractivity contribution in [3.8, 4) is 0 Å². The summed E-state index contributed by atoms with van der Waals surface area (Å²) >= 11 is 0. The number of hydrogen-bond acceptors (Lipinski definition) is 3. The van der Waals surface area contributed by atoms with Crippen LogP contribution in [0, 0.1) is 0 Å². The smallest absolute Gasteiger partial charge is 0.247 e. The summed E-state index contributed by atoms with van der Waals surface area (Å²) in [5, 5.41) is 0.